The summed E-state index contributed by atoms with van der Waals surface area (Å²) >= 11 is 4.03. The van der Waals surface area contributed by atoms with Crippen LogP contribution in [0.5, 0.6) is 0 Å². The number of halogens is 1. The average molecular weight is 337 g/mol. The van der Waals surface area contributed by atoms with Gasteiger partial charge >= 0.3 is 0 Å². The molecule has 0 heterocycles. The first-order valence-corrected chi connectivity index (χ1v) is 9.20. The van der Waals surface area contributed by atoms with Crippen molar-refractivity contribution in [1.29, 1.82) is 0 Å². The quantitative estimate of drug-likeness (QED) is 0.521. The summed E-state index contributed by atoms with van der Waals surface area (Å²) in [5.74, 6) is 2.04. The van der Waals surface area contributed by atoms with Crippen LogP contribution in [-0.2, 0) is 0 Å². The fourth-order valence-electron chi connectivity index (χ4n) is 3.38. The zero-order valence-electron chi connectivity index (χ0n) is 13.5. The molecule has 1 atom stereocenters. The summed E-state index contributed by atoms with van der Waals surface area (Å²) in [4.78, 5) is 0.543. The maximum Gasteiger partial charge on any atom is 0.0426 e. The topological polar surface area (TPSA) is 0 Å². The molecule has 0 spiro atoms. The minimum absolute atomic E-state index is 0.543. The molecule has 0 radical (unpaired) electrons. The molecule has 0 aliphatic heterocycles. The fourth-order valence-corrected chi connectivity index (χ4v) is 4.33. The molecule has 1 aromatic rings. The summed E-state index contributed by atoms with van der Waals surface area (Å²) in [5.41, 5.74) is 4.56. The van der Waals surface area contributed by atoms with Crippen molar-refractivity contribution < 1.29 is 0 Å². The molecule has 0 nitrogen and oxygen atoms in total. The molecule has 1 saturated carbocycles. The standard InChI is InChI=1S/C19H29Br/c1-13(2)16-10-11-17(18(12-16)14(3)4)19(20)15-8-6-5-7-9-15/h10-15,19H,5-9H2,1-4H3. The lowest BCUT2D eigenvalue weighted by molar-refractivity contribution is 0.353. The lowest BCUT2D eigenvalue weighted by Gasteiger charge is -2.29. The Bertz CT molecular complexity index is 427. The maximum atomic E-state index is 4.03. The predicted octanol–water partition coefficient (Wildman–Crippen LogP) is 6.95. The second-order valence-corrected chi connectivity index (χ2v) is 7.98. The van der Waals surface area contributed by atoms with Gasteiger partial charge in [-0.1, -0.05) is 81.1 Å². The van der Waals surface area contributed by atoms with Crippen molar-refractivity contribution in [1.82, 2.24) is 0 Å². The van der Waals surface area contributed by atoms with E-state index in [9.17, 15) is 0 Å². The molecular weight excluding hydrogens is 308 g/mol. The van der Waals surface area contributed by atoms with Crippen molar-refractivity contribution in [2.45, 2.75) is 76.5 Å². The van der Waals surface area contributed by atoms with Crippen LogP contribution in [0.1, 0.15) is 93.2 Å². The van der Waals surface area contributed by atoms with Crippen LogP contribution in [-0.4, -0.2) is 0 Å². The van der Waals surface area contributed by atoms with Gasteiger partial charge in [0.15, 0.2) is 0 Å². The van der Waals surface area contributed by atoms with Crippen LogP contribution in [0.15, 0.2) is 18.2 Å². The zero-order chi connectivity index (χ0) is 14.7. The van der Waals surface area contributed by atoms with Crippen LogP contribution in [0.4, 0.5) is 0 Å². The van der Waals surface area contributed by atoms with Gasteiger partial charge in [0.25, 0.3) is 0 Å². The third-order valence-corrected chi connectivity index (χ3v) is 6.00. The molecule has 1 heteroatoms. The van der Waals surface area contributed by atoms with Crippen molar-refractivity contribution in [2.24, 2.45) is 5.92 Å². The van der Waals surface area contributed by atoms with Gasteiger partial charge in [-0.05, 0) is 47.3 Å². The highest BCUT2D eigenvalue weighted by Gasteiger charge is 2.25. The van der Waals surface area contributed by atoms with E-state index < -0.39 is 0 Å². The Hall–Kier alpha value is -0.300. The maximum absolute atomic E-state index is 4.03. The van der Waals surface area contributed by atoms with Crippen molar-refractivity contribution in [3.05, 3.63) is 34.9 Å². The lowest BCUT2D eigenvalue weighted by Crippen LogP contribution is -2.14. The van der Waals surface area contributed by atoms with Crippen LogP contribution in [0.2, 0.25) is 0 Å². The molecule has 1 aromatic carbocycles. The molecule has 1 aliphatic carbocycles. The first-order chi connectivity index (χ1) is 9.50. The van der Waals surface area contributed by atoms with Crippen LogP contribution >= 0.6 is 15.9 Å². The molecule has 0 N–H and O–H groups in total. The van der Waals surface area contributed by atoms with Crippen molar-refractivity contribution in [2.75, 3.05) is 0 Å². The lowest BCUT2D eigenvalue weighted by atomic mass is 9.81. The molecule has 20 heavy (non-hydrogen) atoms. The smallest absolute Gasteiger partial charge is 0.0426 e. The van der Waals surface area contributed by atoms with E-state index in [0.717, 1.165) is 5.92 Å². The van der Waals surface area contributed by atoms with Gasteiger partial charge in [-0.2, -0.15) is 0 Å². The molecule has 0 aromatic heterocycles. The molecule has 0 bridgehead atoms. The van der Waals surface area contributed by atoms with E-state index in [-0.39, 0.29) is 0 Å². The molecule has 1 unspecified atom stereocenters. The van der Waals surface area contributed by atoms with Crippen LogP contribution in [0.3, 0.4) is 0 Å². The first kappa shape index (κ1) is 16.1. The van der Waals surface area contributed by atoms with Crippen molar-refractivity contribution in [3.8, 4) is 0 Å². The summed E-state index contributed by atoms with van der Waals surface area (Å²) < 4.78 is 0. The zero-order valence-corrected chi connectivity index (χ0v) is 15.0. The molecule has 0 amide bonds. The molecule has 0 saturated heterocycles. The first-order valence-electron chi connectivity index (χ1n) is 8.28. The third kappa shape index (κ3) is 3.67. The Labute approximate surface area is 133 Å². The van der Waals surface area contributed by atoms with E-state index in [1.165, 1.54) is 43.2 Å². The number of benzene rings is 1. The van der Waals surface area contributed by atoms with Gasteiger partial charge < -0.3 is 0 Å². The van der Waals surface area contributed by atoms with Gasteiger partial charge in [0.2, 0.25) is 0 Å². The summed E-state index contributed by atoms with van der Waals surface area (Å²) in [6.07, 6.45) is 7.03. The van der Waals surface area contributed by atoms with Gasteiger partial charge in [0.05, 0.1) is 0 Å². The minimum Gasteiger partial charge on any atom is -0.0836 e. The van der Waals surface area contributed by atoms with Gasteiger partial charge in [0, 0.05) is 4.83 Å². The van der Waals surface area contributed by atoms with Crippen molar-refractivity contribution in [3.63, 3.8) is 0 Å². The fraction of sp³-hybridized carbons (Fsp3) is 0.684. The summed E-state index contributed by atoms with van der Waals surface area (Å²) in [5, 5.41) is 0. The van der Waals surface area contributed by atoms with E-state index >= 15 is 0 Å². The van der Waals surface area contributed by atoms with Gasteiger partial charge in [0.1, 0.15) is 0 Å². The Morgan fingerprint density at radius 1 is 0.900 bits per heavy atom. The van der Waals surface area contributed by atoms with Gasteiger partial charge in [-0.15, -0.1) is 0 Å². The second-order valence-electron chi connectivity index (χ2n) is 7.00. The van der Waals surface area contributed by atoms with Gasteiger partial charge in [-0.3, -0.25) is 0 Å². The van der Waals surface area contributed by atoms with E-state index in [4.69, 9.17) is 0 Å². The number of hydrogen-bond acceptors (Lipinski definition) is 0. The van der Waals surface area contributed by atoms with E-state index in [1.807, 2.05) is 0 Å². The van der Waals surface area contributed by atoms with Crippen molar-refractivity contribution >= 4 is 15.9 Å². The summed E-state index contributed by atoms with van der Waals surface area (Å²) in [6, 6.07) is 7.17. The van der Waals surface area contributed by atoms with E-state index in [1.54, 1.807) is 5.56 Å². The largest absolute Gasteiger partial charge is 0.0836 e. The van der Waals surface area contributed by atoms with Gasteiger partial charge in [-0.25, -0.2) is 0 Å². The highest BCUT2D eigenvalue weighted by Crippen LogP contribution is 2.43. The second kappa shape index (κ2) is 7.11. The average Bonchev–Trinajstić information content (AvgIpc) is 2.46. The molecule has 1 aliphatic rings. The normalized spacial score (nSPS) is 18.8. The van der Waals surface area contributed by atoms with Crippen LogP contribution in [0.25, 0.3) is 0 Å². The monoisotopic (exact) mass is 336 g/mol. The summed E-state index contributed by atoms with van der Waals surface area (Å²) in [6.45, 7) is 9.21. The van der Waals surface area contributed by atoms with Crippen LogP contribution in [0, 0.1) is 5.92 Å². The molecule has 112 valence electrons. The number of rotatable bonds is 4. The Balaban J connectivity index is 2.29. The highest BCUT2D eigenvalue weighted by atomic mass is 79.9. The third-order valence-electron chi connectivity index (χ3n) is 4.76. The Morgan fingerprint density at radius 2 is 1.55 bits per heavy atom. The molecule has 2 rings (SSSR count). The van der Waals surface area contributed by atoms with Crippen LogP contribution < -0.4 is 0 Å². The van der Waals surface area contributed by atoms with E-state index in [0.29, 0.717) is 16.7 Å². The Morgan fingerprint density at radius 3 is 2.10 bits per heavy atom. The minimum atomic E-state index is 0.543. The summed E-state index contributed by atoms with van der Waals surface area (Å²) in [7, 11) is 0. The molecular formula is C19H29Br. The number of alkyl halides is 1. The Kier molecular flexibility index (Phi) is 5.72. The highest BCUT2D eigenvalue weighted by molar-refractivity contribution is 9.09. The predicted molar refractivity (Wildman–Crippen MR) is 92.9 cm³/mol. The number of hydrogen-bond donors (Lipinski definition) is 0. The van der Waals surface area contributed by atoms with E-state index in [2.05, 4.69) is 61.8 Å². The molecule has 1 fully saturated rings. The SMILES string of the molecule is CC(C)c1ccc(C(Br)C2CCCCC2)c(C(C)C)c1.